The van der Waals surface area contributed by atoms with E-state index in [-0.39, 0.29) is 0 Å². The molecule has 0 saturated heterocycles. The third kappa shape index (κ3) is 2.26. The molecule has 3 atom stereocenters. The highest BCUT2D eigenvalue weighted by Crippen LogP contribution is 2.42. The van der Waals surface area contributed by atoms with Crippen LogP contribution in [0.4, 0.5) is 0 Å². The molecule has 2 aliphatic rings. The summed E-state index contributed by atoms with van der Waals surface area (Å²) in [5.41, 5.74) is 1.55. The van der Waals surface area contributed by atoms with Gasteiger partial charge in [0.05, 0.1) is 0 Å². The lowest BCUT2D eigenvalue weighted by Gasteiger charge is -2.14. The van der Waals surface area contributed by atoms with Crippen molar-refractivity contribution in [1.29, 1.82) is 0 Å². The second-order valence-corrected chi connectivity index (χ2v) is 7.02. The first-order valence-electron chi connectivity index (χ1n) is 6.20. The molecular formula is C14H17ClS. The van der Waals surface area contributed by atoms with Gasteiger partial charge in [-0.3, -0.25) is 0 Å². The Morgan fingerprint density at radius 2 is 2.12 bits per heavy atom. The molecular weight excluding hydrogens is 236 g/mol. The van der Waals surface area contributed by atoms with Gasteiger partial charge < -0.3 is 0 Å². The Morgan fingerprint density at radius 3 is 2.88 bits per heavy atom. The largest absolute Gasteiger partial charge is 0.123 e. The van der Waals surface area contributed by atoms with Crippen LogP contribution in [0.3, 0.4) is 0 Å². The fourth-order valence-corrected chi connectivity index (χ4v) is 4.81. The van der Waals surface area contributed by atoms with E-state index in [0.29, 0.717) is 5.38 Å². The normalized spacial score (nSPS) is 32.9. The Morgan fingerprint density at radius 1 is 1.25 bits per heavy atom. The third-order valence-electron chi connectivity index (χ3n) is 3.79. The first kappa shape index (κ1) is 11.0. The highest BCUT2D eigenvalue weighted by molar-refractivity contribution is 8.00. The molecule has 86 valence electrons. The van der Waals surface area contributed by atoms with Crippen molar-refractivity contribution in [3.8, 4) is 0 Å². The lowest BCUT2D eigenvalue weighted by molar-refractivity contribution is 0.494. The van der Waals surface area contributed by atoms with E-state index < -0.39 is 0 Å². The minimum Gasteiger partial charge on any atom is -0.123 e. The average Bonchev–Trinajstić information content (AvgIpc) is 2.84. The van der Waals surface area contributed by atoms with Gasteiger partial charge in [-0.2, -0.15) is 0 Å². The van der Waals surface area contributed by atoms with Crippen LogP contribution in [0.5, 0.6) is 0 Å². The second-order valence-electron chi connectivity index (χ2n) is 5.06. The summed E-state index contributed by atoms with van der Waals surface area (Å²) in [6.45, 7) is 0. The highest BCUT2D eigenvalue weighted by atomic mass is 35.5. The van der Waals surface area contributed by atoms with Crippen LogP contribution in [-0.2, 0) is 6.42 Å². The molecule has 1 aromatic carbocycles. The zero-order chi connectivity index (χ0) is 11.0. The summed E-state index contributed by atoms with van der Waals surface area (Å²) in [5.74, 6) is 0.884. The molecule has 0 nitrogen and oxygen atoms in total. The number of alkyl halides is 1. The van der Waals surface area contributed by atoms with Crippen LogP contribution in [0.25, 0.3) is 0 Å². The summed E-state index contributed by atoms with van der Waals surface area (Å²) in [4.78, 5) is 1.51. The van der Waals surface area contributed by atoms with Gasteiger partial charge in [0.15, 0.2) is 0 Å². The van der Waals surface area contributed by atoms with Gasteiger partial charge in [0.2, 0.25) is 0 Å². The minimum absolute atomic E-state index is 0.457. The van der Waals surface area contributed by atoms with Gasteiger partial charge in [-0.05, 0) is 49.7 Å². The van der Waals surface area contributed by atoms with Crippen molar-refractivity contribution in [1.82, 2.24) is 0 Å². The van der Waals surface area contributed by atoms with Crippen molar-refractivity contribution in [2.75, 3.05) is 0 Å². The fraction of sp³-hybridized carbons (Fsp3) is 0.571. The maximum atomic E-state index is 6.17. The lowest BCUT2D eigenvalue weighted by Crippen LogP contribution is -2.08. The summed E-state index contributed by atoms with van der Waals surface area (Å²) in [5, 5.41) is 1.27. The van der Waals surface area contributed by atoms with Crippen molar-refractivity contribution < 1.29 is 0 Å². The molecule has 0 bridgehead atoms. The van der Waals surface area contributed by atoms with E-state index in [1.54, 1.807) is 5.56 Å². The molecule has 1 aliphatic heterocycles. The topological polar surface area (TPSA) is 0 Å². The number of hydrogen-bond donors (Lipinski definition) is 0. The van der Waals surface area contributed by atoms with Gasteiger partial charge in [0.1, 0.15) is 0 Å². The SMILES string of the molecule is ClC1CCC(CC2Cc3ccccc3S2)C1. The van der Waals surface area contributed by atoms with Crippen molar-refractivity contribution in [2.45, 2.75) is 47.6 Å². The lowest BCUT2D eigenvalue weighted by atomic mass is 9.98. The van der Waals surface area contributed by atoms with Crippen LogP contribution in [0.2, 0.25) is 0 Å². The maximum Gasteiger partial charge on any atom is 0.0338 e. The molecule has 1 aliphatic carbocycles. The van der Waals surface area contributed by atoms with Crippen LogP contribution in [0.15, 0.2) is 29.2 Å². The zero-order valence-corrected chi connectivity index (χ0v) is 10.9. The Balaban J connectivity index is 1.60. The molecule has 1 aromatic rings. The van der Waals surface area contributed by atoms with E-state index in [1.165, 1.54) is 37.0 Å². The van der Waals surface area contributed by atoms with Crippen molar-refractivity contribution in [3.63, 3.8) is 0 Å². The fourth-order valence-electron chi connectivity index (χ4n) is 2.99. The smallest absolute Gasteiger partial charge is 0.0338 e. The Bertz CT molecular complexity index is 352. The molecule has 1 saturated carbocycles. The molecule has 0 spiro atoms. The van der Waals surface area contributed by atoms with Crippen LogP contribution in [-0.4, -0.2) is 10.6 Å². The molecule has 1 fully saturated rings. The summed E-state index contributed by atoms with van der Waals surface area (Å²) >= 11 is 8.26. The van der Waals surface area contributed by atoms with Crippen LogP contribution < -0.4 is 0 Å². The number of rotatable bonds is 2. The molecule has 16 heavy (non-hydrogen) atoms. The molecule has 0 radical (unpaired) electrons. The van der Waals surface area contributed by atoms with Crippen molar-refractivity contribution >= 4 is 23.4 Å². The Kier molecular flexibility index (Phi) is 3.17. The molecule has 3 rings (SSSR count). The molecule has 3 unspecified atom stereocenters. The van der Waals surface area contributed by atoms with Gasteiger partial charge in [-0.15, -0.1) is 23.4 Å². The van der Waals surface area contributed by atoms with E-state index in [2.05, 4.69) is 36.0 Å². The number of thioether (sulfide) groups is 1. The number of hydrogen-bond acceptors (Lipinski definition) is 1. The summed E-state index contributed by atoms with van der Waals surface area (Å²) in [6.07, 6.45) is 6.46. The van der Waals surface area contributed by atoms with Crippen molar-refractivity contribution in [3.05, 3.63) is 29.8 Å². The molecule has 0 N–H and O–H groups in total. The monoisotopic (exact) mass is 252 g/mol. The number of halogens is 1. The second kappa shape index (κ2) is 4.62. The molecule has 1 heterocycles. The van der Waals surface area contributed by atoms with E-state index >= 15 is 0 Å². The van der Waals surface area contributed by atoms with E-state index in [9.17, 15) is 0 Å². The van der Waals surface area contributed by atoms with E-state index in [4.69, 9.17) is 11.6 Å². The standard InChI is InChI=1S/C14H17ClS/c15-12-6-5-10(7-12)8-13-9-11-3-1-2-4-14(11)16-13/h1-4,10,12-13H,5-9H2. The summed E-state index contributed by atoms with van der Waals surface area (Å²) in [7, 11) is 0. The van der Waals surface area contributed by atoms with Crippen LogP contribution >= 0.6 is 23.4 Å². The molecule has 2 heteroatoms. The predicted molar refractivity (Wildman–Crippen MR) is 71.4 cm³/mol. The Labute approximate surface area is 107 Å². The molecule has 0 amide bonds. The van der Waals surface area contributed by atoms with Crippen LogP contribution in [0.1, 0.15) is 31.2 Å². The first-order valence-corrected chi connectivity index (χ1v) is 7.51. The van der Waals surface area contributed by atoms with Gasteiger partial charge in [-0.1, -0.05) is 18.2 Å². The Hall–Kier alpha value is -0.140. The predicted octanol–water partition coefficient (Wildman–Crippen LogP) is 4.50. The zero-order valence-electron chi connectivity index (χ0n) is 9.36. The average molecular weight is 253 g/mol. The van der Waals surface area contributed by atoms with Gasteiger partial charge in [-0.25, -0.2) is 0 Å². The number of fused-ring (bicyclic) bond motifs is 1. The maximum absolute atomic E-state index is 6.17. The van der Waals surface area contributed by atoms with Gasteiger partial charge in [0, 0.05) is 15.5 Å². The number of benzene rings is 1. The first-order chi connectivity index (χ1) is 7.81. The summed E-state index contributed by atoms with van der Waals surface area (Å²) < 4.78 is 0. The van der Waals surface area contributed by atoms with E-state index in [0.717, 1.165) is 11.2 Å². The van der Waals surface area contributed by atoms with Gasteiger partial charge in [0.25, 0.3) is 0 Å². The van der Waals surface area contributed by atoms with Crippen molar-refractivity contribution in [2.24, 2.45) is 5.92 Å². The molecule has 0 aromatic heterocycles. The van der Waals surface area contributed by atoms with Gasteiger partial charge >= 0.3 is 0 Å². The third-order valence-corrected chi connectivity index (χ3v) is 5.53. The summed E-state index contributed by atoms with van der Waals surface area (Å²) in [6, 6.07) is 8.85. The highest BCUT2D eigenvalue weighted by Gasteiger charge is 2.29. The minimum atomic E-state index is 0.457. The van der Waals surface area contributed by atoms with E-state index in [1.807, 2.05) is 0 Å². The van der Waals surface area contributed by atoms with Crippen LogP contribution in [0, 0.1) is 5.92 Å². The quantitative estimate of drug-likeness (QED) is 0.699.